The molecule has 1 unspecified atom stereocenters. The lowest BCUT2D eigenvalue weighted by atomic mass is 9.94. The van der Waals surface area contributed by atoms with E-state index in [1.807, 2.05) is 6.07 Å². The van der Waals surface area contributed by atoms with Crippen molar-refractivity contribution in [1.82, 2.24) is 10.3 Å². The molecule has 0 spiro atoms. The molecule has 0 aliphatic carbocycles. The van der Waals surface area contributed by atoms with Gasteiger partial charge >= 0.3 is 0 Å². The minimum atomic E-state index is -0.980. The van der Waals surface area contributed by atoms with Crippen molar-refractivity contribution in [3.8, 4) is 6.07 Å². The molecule has 1 aromatic carbocycles. The average Bonchev–Trinajstić information content (AvgIpc) is 2.55. The van der Waals surface area contributed by atoms with Crippen molar-refractivity contribution in [3.05, 3.63) is 65.5 Å². The molecular formula is C16H13N3O2. The fraction of sp³-hybridized carbons (Fsp3) is 0.125. The summed E-state index contributed by atoms with van der Waals surface area (Å²) in [6, 6.07) is 13.3. The Bertz CT molecular complexity index is 705. The van der Waals surface area contributed by atoms with Crippen LogP contribution in [0.2, 0.25) is 0 Å². The molecule has 2 aromatic rings. The van der Waals surface area contributed by atoms with Gasteiger partial charge < -0.3 is 5.32 Å². The standard InChI is InChI=1S/C16H13N3O2/c1-18-16(21)12-6-4-5-11(9-12)15(20)13(10-17)14-7-2-3-8-19-14/h2-9,13H,1H3,(H,18,21). The molecule has 1 heterocycles. The van der Waals surface area contributed by atoms with E-state index in [9.17, 15) is 14.9 Å². The quantitative estimate of drug-likeness (QED) is 0.867. The molecule has 0 bridgehead atoms. The molecule has 1 atom stereocenters. The number of hydrogen-bond donors (Lipinski definition) is 1. The van der Waals surface area contributed by atoms with Gasteiger partial charge in [0, 0.05) is 24.4 Å². The number of carbonyl (C=O) groups is 2. The Hall–Kier alpha value is -3.00. The Kier molecular flexibility index (Phi) is 4.42. The van der Waals surface area contributed by atoms with E-state index in [1.54, 1.807) is 36.4 Å². The van der Waals surface area contributed by atoms with E-state index in [-0.39, 0.29) is 11.7 Å². The number of aromatic nitrogens is 1. The van der Waals surface area contributed by atoms with Crippen LogP contribution in [0, 0.1) is 11.3 Å². The minimum absolute atomic E-state index is 0.281. The third-order valence-corrected chi connectivity index (χ3v) is 3.01. The Balaban J connectivity index is 2.35. The Morgan fingerprint density at radius 1 is 1.19 bits per heavy atom. The first-order chi connectivity index (χ1) is 10.2. The number of ketones is 1. The van der Waals surface area contributed by atoms with Gasteiger partial charge in [0.2, 0.25) is 0 Å². The van der Waals surface area contributed by atoms with E-state index < -0.39 is 5.92 Å². The van der Waals surface area contributed by atoms with Crippen molar-refractivity contribution in [2.75, 3.05) is 7.05 Å². The van der Waals surface area contributed by atoms with Crippen molar-refractivity contribution < 1.29 is 9.59 Å². The van der Waals surface area contributed by atoms with Crippen LogP contribution in [0.4, 0.5) is 0 Å². The molecule has 2 rings (SSSR count). The Labute approximate surface area is 122 Å². The van der Waals surface area contributed by atoms with E-state index >= 15 is 0 Å². The molecule has 0 radical (unpaired) electrons. The van der Waals surface area contributed by atoms with Crippen LogP contribution < -0.4 is 5.32 Å². The predicted molar refractivity (Wildman–Crippen MR) is 76.8 cm³/mol. The maximum Gasteiger partial charge on any atom is 0.251 e. The van der Waals surface area contributed by atoms with Crippen LogP contribution in [0.15, 0.2) is 48.7 Å². The first-order valence-corrected chi connectivity index (χ1v) is 6.34. The highest BCUT2D eigenvalue weighted by Crippen LogP contribution is 2.19. The molecule has 21 heavy (non-hydrogen) atoms. The third-order valence-electron chi connectivity index (χ3n) is 3.01. The molecule has 1 N–H and O–H groups in total. The van der Waals surface area contributed by atoms with E-state index in [0.717, 1.165) is 0 Å². The molecule has 0 aliphatic heterocycles. The van der Waals surface area contributed by atoms with Crippen molar-refractivity contribution in [3.63, 3.8) is 0 Å². The Morgan fingerprint density at radius 2 is 1.95 bits per heavy atom. The molecule has 1 aromatic heterocycles. The zero-order chi connectivity index (χ0) is 15.2. The first-order valence-electron chi connectivity index (χ1n) is 6.34. The fourth-order valence-corrected chi connectivity index (χ4v) is 1.93. The summed E-state index contributed by atoms with van der Waals surface area (Å²) in [5, 5.41) is 11.7. The summed E-state index contributed by atoms with van der Waals surface area (Å²) in [4.78, 5) is 28.1. The summed E-state index contributed by atoms with van der Waals surface area (Å²) in [5.74, 6) is -1.64. The zero-order valence-corrected chi connectivity index (χ0v) is 11.4. The summed E-state index contributed by atoms with van der Waals surface area (Å²) in [6.45, 7) is 0. The van der Waals surface area contributed by atoms with Gasteiger partial charge in [-0.15, -0.1) is 0 Å². The maximum atomic E-state index is 12.4. The summed E-state index contributed by atoms with van der Waals surface area (Å²) in [7, 11) is 1.52. The highest BCUT2D eigenvalue weighted by molar-refractivity contribution is 6.04. The van der Waals surface area contributed by atoms with Crippen LogP contribution in [0.1, 0.15) is 32.3 Å². The van der Waals surface area contributed by atoms with Gasteiger partial charge in [-0.3, -0.25) is 14.6 Å². The van der Waals surface area contributed by atoms with E-state index in [0.29, 0.717) is 16.8 Å². The number of benzene rings is 1. The lowest BCUT2D eigenvalue weighted by Gasteiger charge is -2.08. The van der Waals surface area contributed by atoms with E-state index in [1.165, 1.54) is 19.3 Å². The monoisotopic (exact) mass is 279 g/mol. The smallest absolute Gasteiger partial charge is 0.251 e. The highest BCUT2D eigenvalue weighted by atomic mass is 16.1. The van der Waals surface area contributed by atoms with Crippen molar-refractivity contribution >= 4 is 11.7 Å². The molecule has 5 heteroatoms. The molecule has 104 valence electrons. The number of nitriles is 1. The van der Waals surface area contributed by atoms with Crippen LogP contribution >= 0.6 is 0 Å². The van der Waals surface area contributed by atoms with E-state index in [4.69, 9.17) is 0 Å². The topological polar surface area (TPSA) is 82.9 Å². The van der Waals surface area contributed by atoms with Crippen molar-refractivity contribution in [2.24, 2.45) is 0 Å². The van der Waals surface area contributed by atoms with Crippen LogP contribution in [0.25, 0.3) is 0 Å². The van der Waals surface area contributed by atoms with Gasteiger partial charge in [-0.25, -0.2) is 0 Å². The van der Waals surface area contributed by atoms with Crippen LogP contribution in [-0.2, 0) is 0 Å². The van der Waals surface area contributed by atoms with Gasteiger partial charge in [-0.2, -0.15) is 5.26 Å². The predicted octanol–water partition coefficient (Wildman–Crippen LogP) is 1.93. The molecular weight excluding hydrogens is 266 g/mol. The SMILES string of the molecule is CNC(=O)c1cccc(C(=O)C(C#N)c2ccccn2)c1. The van der Waals surface area contributed by atoms with Gasteiger partial charge in [0.15, 0.2) is 11.7 Å². The molecule has 5 nitrogen and oxygen atoms in total. The summed E-state index contributed by atoms with van der Waals surface area (Å²) in [5.41, 5.74) is 1.09. The largest absolute Gasteiger partial charge is 0.355 e. The van der Waals surface area contributed by atoms with Crippen LogP contribution in [0.3, 0.4) is 0 Å². The number of carbonyl (C=O) groups excluding carboxylic acids is 2. The first kappa shape index (κ1) is 14.4. The summed E-state index contributed by atoms with van der Waals surface area (Å²) >= 11 is 0. The van der Waals surface area contributed by atoms with Gasteiger partial charge in [-0.05, 0) is 24.3 Å². The van der Waals surface area contributed by atoms with Crippen LogP contribution in [0.5, 0.6) is 0 Å². The van der Waals surface area contributed by atoms with Crippen molar-refractivity contribution in [1.29, 1.82) is 5.26 Å². The average molecular weight is 279 g/mol. The highest BCUT2D eigenvalue weighted by Gasteiger charge is 2.23. The van der Waals surface area contributed by atoms with Gasteiger partial charge in [0.05, 0.1) is 11.8 Å². The number of pyridine rings is 1. The van der Waals surface area contributed by atoms with E-state index in [2.05, 4.69) is 10.3 Å². The Morgan fingerprint density at radius 3 is 2.57 bits per heavy atom. The normalized spacial score (nSPS) is 11.2. The second-order valence-electron chi connectivity index (χ2n) is 4.34. The third kappa shape index (κ3) is 3.12. The minimum Gasteiger partial charge on any atom is -0.355 e. The molecule has 1 amide bonds. The molecule has 0 saturated carbocycles. The summed E-state index contributed by atoms with van der Waals surface area (Å²) < 4.78 is 0. The number of nitrogens with zero attached hydrogens (tertiary/aromatic N) is 2. The number of amides is 1. The van der Waals surface area contributed by atoms with Gasteiger partial charge in [-0.1, -0.05) is 18.2 Å². The lowest BCUT2D eigenvalue weighted by Crippen LogP contribution is -2.19. The van der Waals surface area contributed by atoms with Gasteiger partial charge in [0.25, 0.3) is 5.91 Å². The summed E-state index contributed by atoms with van der Waals surface area (Å²) in [6.07, 6.45) is 1.54. The second-order valence-corrected chi connectivity index (χ2v) is 4.34. The molecule has 0 aliphatic rings. The molecule has 0 saturated heterocycles. The number of hydrogen-bond acceptors (Lipinski definition) is 4. The van der Waals surface area contributed by atoms with Crippen LogP contribution in [-0.4, -0.2) is 23.7 Å². The van der Waals surface area contributed by atoms with Crippen molar-refractivity contribution in [2.45, 2.75) is 5.92 Å². The molecule has 0 fully saturated rings. The zero-order valence-electron chi connectivity index (χ0n) is 11.4. The number of rotatable bonds is 4. The maximum absolute atomic E-state index is 12.4. The lowest BCUT2D eigenvalue weighted by molar-refractivity contribution is 0.0963. The van der Waals surface area contributed by atoms with Gasteiger partial charge in [0.1, 0.15) is 0 Å². The fourth-order valence-electron chi connectivity index (χ4n) is 1.93. The number of Topliss-reactive ketones (excluding diaryl/α,β-unsaturated/α-hetero) is 1. The second kappa shape index (κ2) is 6.44. The number of nitrogens with one attached hydrogen (secondary N) is 1.